The summed E-state index contributed by atoms with van der Waals surface area (Å²) in [6.45, 7) is 1.16. The second-order valence-electron chi connectivity index (χ2n) is 8.46. The van der Waals surface area contributed by atoms with Gasteiger partial charge in [-0.3, -0.25) is 14.5 Å². The van der Waals surface area contributed by atoms with Crippen molar-refractivity contribution in [3.05, 3.63) is 83.6 Å². The van der Waals surface area contributed by atoms with E-state index in [0.29, 0.717) is 25.0 Å². The van der Waals surface area contributed by atoms with Crippen LogP contribution in [-0.4, -0.2) is 39.9 Å². The maximum Gasteiger partial charge on any atom is 0.254 e. The van der Waals surface area contributed by atoms with Crippen LogP contribution in [0, 0.1) is 5.82 Å². The number of benzene rings is 2. The molecular formula is C26H25FN4O2. The van der Waals surface area contributed by atoms with E-state index in [1.807, 2.05) is 43.7 Å². The maximum absolute atomic E-state index is 15.3. The molecule has 1 aliphatic rings. The number of fused-ring (bicyclic) bond motifs is 1. The fraction of sp³-hybridized carbons (Fsp3) is 0.269. The summed E-state index contributed by atoms with van der Waals surface area (Å²) in [5.41, 5.74) is 3.71. The fourth-order valence-corrected chi connectivity index (χ4v) is 4.32. The second-order valence-corrected chi connectivity index (χ2v) is 8.46. The largest absolute Gasteiger partial charge is 0.379 e. The van der Waals surface area contributed by atoms with Gasteiger partial charge in [0.15, 0.2) is 0 Å². The van der Waals surface area contributed by atoms with Crippen molar-refractivity contribution in [1.82, 2.24) is 20.1 Å². The van der Waals surface area contributed by atoms with Crippen LogP contribution in [0.4, 0.5) is 4.39 Å². The van der Waals surface area contributed by atoms with Crippen molar-refractivity contribution >= 4 is 16.7 Å². The molecule has 6 nitrogen and oxygen atoms in total. The number of rotatable bonds is 5. The van der Waals surface area contributed by atoms with Crippen LogP contribution < -0.4 is 5.32 Å². The molecule has 2 aromatic carbocycles. The minimum Gasteiger partial charge on any atom is -0.379 e. The molecule has 1 N–H and O–H groups in total. The lowest BCUT2D eigenvalue weighted by molar-refractivity contribution is 0.0622. The SMILES string of the molecule is Cn1cc(-c2ccc(Cc3cc(C(=O)NC4CCCOC4)c(F)c4ccccc34)cn2)cn1. The summed E-state index contributed by atoms with van der Waals surface area (Å²) >= 11 is 0. The van der Waals surface area contributed by atoms with Gasteiger partial charge in [-0.15, -0.1) is 0 Å². The van der Waals surface area contributed by atoms with E-state index in [1.54, 1.807) is 29.1 Å². The first-order valence-corrected chi connectivity index (χ1v) is 11.1. The van der Waals surface area contributed by atoms with Crippen molar-refractivity contribution in [2.24, 2.45) is 7.05 Å². The molecule has 0 bridgehead atoms. The Hall–Kier alpha value is -3.58. The quantitative estimate of drug-likeness (QED) is 0.499. The Bertz CT molecular complexity index is 1290. The molecule has 7 heteroatoms. The lowest BCUT2D eigenvalue weighted by Gasteiger charge is -2.23. The van der Waals surface area contributed by atoms with Gasteiger partial charge in [0.25, 0.3) is 5.91 Å². The lowest BCUT2D eigenvalue weighted by Crippen LogP contribution is -2.41. The summed E-state index contributed by atoms with van der Waals surface area (Å²) in [6.07, 6.45) is 7.77. The van der Waals surface area contributed by atoms with Crippen molar-refractivity contribution in [2.75, 3.05) is 13.2 Å². The van der Waals surface area contributed by atoms with Crippen molar-refractivity contribution < 1.29 is 13.9 Å². The first-order valence-electron chi connectivity index (χ1n) is 11.1. The van der Waals surface area contributed by atoms with Gasteiger partial charge in [0, 0.05) is 37.0 Å². The highest BCUT2D eigenvalue weighted by Gasteiger charge is 2.22. The topological polar surface area (TPSA) is 69.0 Å². The predicted octanol–water partition coefficient (Wildman–Crippen LogP) is 4.27. The Labute approximate surface area is 191 Å². The molecule has 1 aliphatic heterocycles. The number of aromatic nitrogens is 3. The van der Waals surface area contributed by atoms with E-state index in [1.165, 1.54) is 0 Å². The van der Waals surface area contributed by atoms with Gasteiger partial charge in [0.05, 0.1) is 30.1 Å². The Balaban J connectivity index is 1.45. The van der Waals surface area contributed by atoms with Crippen LogP contribution in [0.3, 0.4) is 0 Å². The van der Waals surface area contributed by atoms with Crippen LogP contribution in [0.15, 0.2) is 61.1 Å². The molecule has 1 fully saturated rings. The van der Waals surface area contributed by atoms with Crippen LogP contribution in [0.5, 0.6) is 0 Å². The number of hydrogen-bond donors (Lipinski definition) is 1. The Morgan fingerprint density at radius 2 is 2.06 bits per heavy atom. The number of amides is 1. The van der Waals surface area contributed by atoms with E-state index in [4.69, 9.17) is 4.74 Å². The molecule has 0 saturated carbocycles. The van der Waals surface area contributed by atoms with Crippen LogP contribution in [0.2, 0.25) is 0 Å². The van der Waals surface area contributed by atoms with Crippen molar-refractivity contribution in [2.45, 2.75) is 25.3 Å². The summed E-state index contributed by atoms with van der Waals surface area (Å²) in [7, 11) is 1.87. The highest BCUT2D eigenvalue weighted by molar-refractivity contribution is 6.00. The van der Waals surface area contributed by atoms with Crippen molar-refractivity contribution in [1.29, 1.82) is 0 Å². The third kappa shape index (κ3) is 4.50. The molecule has 2 aromatic heterocycles. The van der Waals surface area contributed by atoms with Gasteiger partial charge < -0.3 is 10.1 Å². The summed E-state index contributed by atoms with van der Waals surface area (Å²) in [5, 5.41) is 8.36. The molecule has 0 spiro atoms. The summed E-state index contributed by atoms with van der Waals surface area (Å²) < 4.78 is 22.5. The number of hydrogen-bond acceptors (Lipinski definition) is 4. The van der Waals surface area contributed by atoms with Gasteiger partial charge in [0.1, 0.15) is 5.82 Å². The predicted molar refractivity (Wildman–Crippen MR) is 124 cm³/mol. The highest BCUT2D eigenvalue weighted by atomic mass is 19.1. The lowest BCUT2D eigenvalue weighted by atomic mass is 9.95. The zero-order chi connectivity index (χ0) is 22.8. The van der Waals surface area contributed by atoms with Gasteiger partial charge in [-0.25, -0.2) is 4.39 Å². The molecule has 1 amide bonds. The van der Waals surface area contributed by atoms with Crippen LogP contribution >= 0.6 is 0 Å². The number of nitrogens with one attached hydrogen (secondary N) is 1. The number of aryl methyl sites for hydroxylation is 1. The van der Waals surface area contributed by atoms with E-state index < -0.39 is 11.7 Å². The first-order chi connectivity index (χ1) is 16.1. The molecule has 3 heterocycles. The maximum atomic E-state index is 15.3. The van der Waals surface area contributed by atoms with Crippen LogP contribution in [0.1, 0.15) is 34.3 Å². The van der Waals surface area contributed by atoms with Crippen molar-refractivity contribution in [3.63, 3.8) is 0 Å². The number of pyridine rings is 1. The average molecular weight is 445 g/mol. The number of nitrogens with zero attached hydrogens (tertiary/aromatic N) is 3. The second kappa shape index (κ2) is 9.11. The monoisotopic (exact) mass is 444 g/mol. The zero-order valence-electron chi connectivity index (χ0n) is 18.4. The van der Waals surface area contributed by atoms with E-state index in [-0.39, 0.29) is 11.6 Å². The first kappa shape index (κ1) is 21.3. The van der Waals surface area contributed by atoms with Crippen LogP contribution in [0.25, 0.3) is 22.0 Å². The molecule has 1 atom stereocenters. The Morgan fingerprint density at radius 3 is 2.76 bits per heavy atom. The Kier molecular flexibility index (Phi) is 5.88. The molecule has 33 heavy (non-hydrogen) atoms. The average Bonchev–Trinajstić information content (AvgIpc) is 3.28. The van der Waals surface area contributed by atoms with E-state index in [0.717, 1.165) is 40.6 Å². The summed E-state index contributed by atoms with van der Waals surface area (Å²) in [4.78, 5) is 17.5. The highest BCUT2D eigenvalue weighted by Crippen LogP contribution is 2.28. The van der Waals surface area contributed by atoms with E-state index >= 15 is 4.39 Å². The van der Waals surface area contributed by atoms with Gasteiger partial charge >= 0.3 is 0 Å². The molecular weight excluding hydrogens is 419 g/mol. The van der Waals surface area contributed by atoms with E-state index in [9.17, 15) is 4.79 Å². The third-order valence-corrected chi connectivity index (χ3v) is 6.02. The van der Waals surface area contributed by atoms with E-state index in [2.05, 4.69) is 15.4 Å². The van der Waals surface area contributed by atoms with Gasteiger partial charge in [-0.2, -0.15) is 5.10 Å². The Morgan fingerprint density at radius 1 is 1.21 bits per heavy atom. The molecule has 0 aliphatic carbocycles. The van der Waals surface area contributed by atoms with Gasteiger partial charge in [-0.05, 0) is 47.9 Å². The number of carbonyl (C=O) groups is 1. The summed E-state index contributed by atoms with van der Waals surface area (Å²) in [5.74, 6) is -0.895. The van der Waals surface area contributed by atoms with Crippen molar-refractivity contribution in [3.8, 4) is 11.3 Å². The molecule has 5 rings (SSSR count). The molecule has 1 saturated heterocycles. The smallest absolute Gasteiger partial charge is 0.254 e. The standard InChI is InChI=1S/C26H25FN4O2/c1-31-15-19(14-29-31)24-9-8-17(13-28-24)11-18-12-23(25(27)22-7-3-2-6-21(18)22)26(32)30-20-5-4-10-33-16-20/h2-3,6-9,12-15,20H,4-5,10-11,16H2,1H3,(H,30,32). The minimum absolute atomic E-state index is 0.0641. The molecule has 4 aromatic rings. The fourth-order valence-electron chi connectivity index (χ4n) is 4.32. The van der Waals surface area contributed by atoms with Crippen LogP contribution in [-0.2, 0) is 18.2 Å². The third-order valence-electron chi connectivity index (χ3n) is 6.02. The minimum atomic E-state index is -0.492. The number of carbonyl (C=O) groups excluding carboxylic acids is 1. The molecule has 1 unspecified atom stereocenters. The van der Waals surface area contributed by atoms with Gasteiger partial charge in [0.2, 0.25) is 0 Å². The number of halogens is 1. The normalized spacial score (nSPS) is 16.1. The summed E-state index contributed by atoms with van der Waals surface area (Å²) in [6, 6.07) is 12.8. The molecule has 0 radical (unpaired) electrons. The zero-order valence-corrected chi connectivity index (χ0v) is 18.4. The number of ether oxygens (including phenoxy) is 1. The molecule has 168 valence electrons. The van der Waals surface area contributed by atoms with Gasteiger partial charge in [-0.1, -0.05) is 30.3 Å².